The molecule has 1 N–H and O–H groups in total. The molecule has 0 amide bonds. The lowest BCUT2D eigenvalue weighted by atomic mass is 10.0. The maximum absolute atomic E-state index is 6.98. The fourth-order valence-corrected chi connectivity index (χ4v) is 1.17. The predicted octanol–water partition coefficient (Wildman–Crippen LogP) is 4.16. The van der Waals surface area contributed by atoms with E-state index in [2.05, 4.69) is 19.1 Å². The summed E-state index contributed by atoms with van der Waals surface area (Å²) in [6.45, 7) is 6.10. The maximum atomic E-state index is 6.98. The Labute approximate surface area is 87.0 Å². The predicted molar refractivity (Wildman–Crippen MR) is 64.8 cm³/mol. The van der Waals surface area contributed by atoms with E-state index in [1.165, 1.54) is 17.4 Å². The van der Waals surface area contributed by atoms with Crippen molar-refractivity contribution in [2.24, 2.45) is 0 Å². The van der Waals surface area contributed by atoms with Crippen LogP contribution in [0.25, 0.3) is 5.57 Å². The van der Waals surface area contributed by atoms with Crippen molar-refractivity contribution >= 4 is 11.8 Å². The fraction of sp³-hybridized carbons (Fsp3) is 0.308. The zero-order valence-electron chi connectivity index (χ0n) is 9.25. The van der Waals surface area contributed by atoms with Crippen LogP contribution in [0.15, 0.2) is 36.4 Å². The van der Waals surface area contributed by atoms with E-state index in [4.69, 9.17) is 5.41 Å². The normalized spacial score (nSPS) is 10.1. The van der Waals surface area contributed by atoms with Gasteiger partial charge >= 0.3 is 0 Å². The Morgan fingerprint density at radius 3 is 2.21 bits per heavy atom. The van der Waals surface area contributed by atoms with Crippen LogP contribution in [-0.4, -0.2) is 6.21 Å². The SMILES string of the molecule is CC.CC/C(=C\C=N)c1ccccc1. The van der Waals surface area contributed by atoms with Gasteiger partial charge < -0.3 is 5.41 Å². The van der Waals surface area contributed by atoms with Gasteiger partial charge in [-0.1, -0.05) is 51.1 Å². The molecule has 0 atom stereocenters. The number of hydrogen-bond acceptors (Lipinski definition) is 1. The molecule has 1 heteroatoms. The summed E-state index contributed by atoms with van der Waals surface area (Å²) in [6.07, 6.45) is 4.15. The monoisotopic (exact) mass is 189 g/mol. The number of rotatable bonds is 3. The van der Waals surface area contributed by atoms with Gasteiger partial charge in [-0.25, -0.2) is 0 Å². The molecule has 0 saturated heterocycles. The smallest absolute Gasteiger partial charge is 0.0180 e. The first kappa shape index (κ1) is 12.6. The van der Waals surface area contributed by atoms with Crippen LogP contribution in [-0.2, 0) is 0 Å². The zero-order valence-corrected chi connectivity index (χ0v) is 9.25. The highest BCUT2D eigenvalue weighted by Gasteiger charge is 1.94. The first-order valence-corrected chi connectivity index (χ1v) is 5.13. The molecule has 0 aromatic heterocycles. The Morgan fingerprint density at radius 1 is 1.21 bits per heavy atom. The van der Waals surface area contributed by atoms with Crippen LogP contribution < -0.4 is 0 Å². The Balaban J connectivity index is 0.000000791. The molecule has 0 spiro atoms. The summed E-state index contributed by atoms with van der Waals surface area (Å²) in [5.74, 6) is 0. The Hall–Kier alpha value is -1.37. The van der Waals surface area contributed by atoms with E-state index in [1.807, 2.05) is 38.1 Å². The lowest BCUT2D eigenvalue weighted by molar-refractivity contribution is 1.24. The van der Waals surface area contributed by atoms with Crippen LogP contribution in [0.5, 0.6) is 0 Å². The van der Waals surface area contributed by atoms with Gasteiger partial charge in [-0.05, 0) is 23.6 Å². The van der Waals surface area contributed by atoms with Gasteiger partial charge in [-0.15, -0.1) is 0 Å². The number of benzene rings is 1. The quantitative estimate of drug-likeness (QED) is 0.690. The molecule has 14 heavy (non-hydrogen) atoms. The van der Waals surface area contributed by atoms with Crippen LogP contribution in [0.3, 0.4) is 0 Å². The molecule has 0 fully saturated rings. The van der Waals surface area contributed by atoms with E-state index >= 15 is 0 Å². The van der Waals surface area contributed by atoms with Gasteiger partial charge in [0.1, 0.15) is 0 Å². The summed E-state index contributed by atoms with van der Waals surface area (Å²) in [5, 5.41) is 6.98. The second-order valence-electron chi connectivity index (χ2n) is 2.58. The molecule has 76 valence electrons. The minimum absolute atomic E-state index is 0.972. The van der Waals surface area contributed by atoms with E-state index in [0.29, 0.717) is 0 Å². The highest BCUT2D eigenvalue weighted by atomic mass is 14.3. The molecule has 0 unspecified atom stereocenters. The second kappa shape index (κ2) is 8.24. The third kappa shape index (κ3) is 4.04. The van der Waals surface area contributed by atoms with Crippen LogP contribution in [0, 0.1) is 5.41 Å². The average Bonchev–Trinajstić information content (AvgIpc) is 2.30. The lowest BCUT2D eigenvalue weighted by Crippen LogP contribution is -1.81. The third-order valence-corrected chi connectivity index (χ3v) is 1.81. The molecule has 0 aliphatic carbocycles. The largest absolute Gasteiger partial charge is 0.309 e. The van der Waals surface area contributed by atoms with Crippen molar-refractivity contribution in [1.29, 1.82) is 5.41 Å². The summed E-state index contributed by atoms with van der Waals surface area (Å²) in [6, 6.07) is 10.2. The Kier molecular flexibility index (Phi) is 7.43. The molecule has 0 heterocycles. The van der Waals surface area contributed by atoms with Crippen LogP contribution in [0.2, 0.25) is 0 Å². The molecule has 0 aliphatic rings. The fourth-order valence-electron chi connectivity index (χ4n) is 1.17. The maximum Gasteiger partial charge on any atom is 0.0180 e. The van der Waals surface area contributed by atoms with Crippen molar-refractivity contribution in [2.45, 2.75) is 27.2 Å². The molecule has 1 nitrogen and oxygen atoms in total. The van der Waals surface area contributed by atoms with Crippen LogP contribution in [0.4, 0.5) is 0 Å². The van der Waals surface area contributed by atoms with Crippen molar-refractivity contribution in [3.8, 4) is 0 Å². The first-order valence-electron chi connectivity index (χ1n) is 5.13. The average molecular weight is 189 g/mol. The molecule has 0 bridgehead atoms. The summed E-state index contributed by atoms with van der Waals surface area (Å²) < 4.78 is 0. The molecule has 1 aromatic carbocycles. The minimum atomic E-state index is 0.972. The van der Waals surface area contributed by atoms with E-state index in [9.17, 15) is 0 Å². The molecule has 1 rings (SSSR count). The van der Waals surface area contributed by atoms with Gasteiger partial charge in [-0.2, -0.15) is 0 Å². The van der Waals surface area contributed by atoms with Crippen molar-refractivity contribution in [3.63, 3.8) is 0 Å². The highest BCUT2D eigenvalue weighted by molar-refractivity contribution is 5.82. The molecule has 1 aromatic rings. The summed E-state index contributed by atoms with van der Waals surface area (Å²) in [4.78, 5) is 0. The van der Waals surface area contributed by atoms with E-state index < -0.39 is 0 Å². The molecule has 0 aliphatic heterocycles. The molecular weight excluding hydrogens is 170 g/mol. The third-order valence-electron chi connectivity index (χ3n) is 1.81. The van der Waals surface area contributed by atoms with Gasteiger partial charge in [0.05, 0.1) is 0 Å². The Bertz CT molecular complexity index is 273. The van der Waals surface area contributed by atoms with E-state index in [0.717, 1.165) is 6.42 Å². The standard InChI is InChI=1S/C11H13N.C2H6/c1-2-10(8-9-12)11-6-4-3-5-7-11;1-2/h3-9,12H,2H2,1H3;1-2H3/b10-8+,12-9?;. The minimum Gasteiger partial charge on any atom is -0.309 e. The van der Waals surface area contributed by atoms with Crippen LogP contribution >= 0.6 is 0 Å². The molecule has 0 saturated carbocycles. The topological polar surface area (TPSA) is 23.9 Å². The summed E-state index contributed by atoms with van der Waals surface area (Å²) >= 11 is 0. The van der Waals surface area contributed by atoms with Gasteiger partial charge in [0.2, 0.25) is 0 Å². The molecular formula is C13H19N. The molecule has 0 radical (unpaired) electrons. The van der Waals surface area contributed by atoms with Crippen molar-refractivity contribution in [2.75, 3.05) is 0 Å². The van der Waals surface area contributed by atoms with Crippen molar-refractivity contribution in [1.82, 2.24) is 0 Å². The first-order chi connectivity index (χ1) is 6.88. The van der Waals surface area contributed by atoms with Crippen molar-refractivity contribution < 1.29 is 0 Å². The van der Waals surface area contributed by atoms with Crippen LogP contribution in [0.1, 0.15) is 32.8 Å². The number of hydrogen-bond donors (Lipinski definition) is 1. The number of nitrogens with one attached hydrogen (secondary N) is 1. The number of allylic oxidation sites excluding steroid dienone is 2. The van der Waals surface area contributed by atoms with Gasteiger partial charge in [0, 0.05) is 6.21 Å². The van der Waals surface area contributed by atoms with Gasteiger partial charge in [0.15, 0.2) is 0 Å². The van der Waals surface area contributed by atoms with Gasteiger partial charge in [0.25, 0.3) is 0 Å². The Morgan fingerprint density at radius 2 is 1.79 bits per heavy atom. The zero-order chi connectivity index (χ0) is 10.8. The van der Waals surface area contributed by atoms with E-state index in [-0.39, 0.29) is 0 Å². The second-order valence-corrected chi connectivity index (χ2v) is 2.58. The summed E-state index contributed by atoms with van der Waals surface area (Å²) in [5.41, 5.74) is 2.43. The lowest BCUT2D eigenvalue weighted by Gasteiger charge is -2.01. The highest BCUT2D eigenvalue weighted by Crippen LogP contribution is 2.15. The summed E-state index contributed by atoms with van der Waals surface area (Å²) in [7, 11) is 0. The van der Waals surface area contributed by atoms with Gasteiger partial charge in [-0.3, -0.25) is 0 Å². The van der Waals surface area contributed by atoms with E-state index in [1.54, 1.807) is 0 Å². The van der Waals surface area contributed by atoms with Crippen molar-refractivity contribution in [3.05, 3.63) is 42.0 Å².